The molecule has 0 saturated carbocycles. The van der Waals surface area contributed by atoms with Gasteiger partial charge in [-0.15, -0.1) is 5.10 Å². The largest absolute Gasteiger partial charge is 0.463 e. The molecule has 0 saturated heterocycles. The standard InChI is InChI=1S/C16H17N5O2S/c1-3-23-15(22)13-10(2)17-16(24)18-14(13)12-9-21(20-19-12)11-7-5-4-6-8-11/h4-9,14H,3H2,1-2H3,(H2,17,18,24). The van der Waals surface area contributed by atoms with Crippen molar-refractivity contribution in [1.82, 2.24) is 25.6 Å². The van der Waals surface area contributed by atoms with Crippen LogP contribution in [0.15, 0.2) is 47.8 Å². The van der Waals surface area contributed by atoms with Crippen LogP contribution in [0.4, 0.5) is 0 Å². The second-order valence-electron chi connectivity index (χ2n) is 5.21. The van der Waals surface area contributed by atoms with Gasteiger partial charge in [-0.2, -0.15) is 0 Å². The van der Waals surface area contributed by atoms with Gasteiger partial charge in [0.1, 0.15) is 11.7 Å². The summed E-state index contributed by atoms with van der Waals surface area (Å²) in [6.45, 7) is 3.85. The summed E-state index contributed by atoms with van der Waals surface area (Å²) in [5.74, 6) is -0.406. The number of nitrogens with one attached hydrogen (secondary N) is 2. The second kappa shape index (κ2) is 6.79. The molecule has 3 rings (SSSR count). The fraction of sp³-hybridized carbons (Fsp3) is 0.250. The van der Waals surface area contributed by atoms with Gasteiger partial charge in [-0.25, -0.2) is 9.48 Å². The molecular weight excluding hydrogens is 326 g/mol. The molecular formula is C16H17N5O2S. The van der Waals surface area contributed by atoms with Gasteiger partial charge in [-0.3, -0.25) is 0 Å². The molecule has 0 radical (unpaired) electrons. The molecule has 1 aromatic heterocycles. The monoisotopic (exact) mass is 343 g/mol. The molecule has 2 heterocycles. The van der Waals surface area contributed by atoms with Crippen molar-refractivity contribution in [3.63, 3.8) is 0 Å². The lowest BCUT2D eigenvalue weighted by Gasteiger charge is -2.28. The van der Waals surface area contributed by atoms with Crippen LogP contribution in [0.1, 0.15) is 25.6 Å². The van der Waals surface area contributed by atoms with E-state index in [1.165, 1.54) is 0 Å². The van der Waals surface area contributed by atoms with Crippen LogP contribution in [0.2, 0.25) is 0 Å². The van der Waals surface area contributed by atoms with Gasteiger partial charge in [0.15, 0.2) is 5.11 Å². The molecule has 1 unspecified atom stereocenters. The molecule has 1 atom stereocenters. The fourth-order valence-electron chi connectivity index (χ4n) is 2.51. The first-order chi connectivity index (χ1) is 11.6. The molecule has 0 aliphatic carbocycles. The average Bonchev–Trinajstić information content (AvgIpc) is 3.05. The number of nitrogens with zero attached hydrogens (tertiary/aromatic N) is 3. The molecule has 124 valence electrons. The molecule has 2 N–H and O–H groups in total. The highest BCUT2D eigenvalue weighted by atomic mass is 32.1. The topological polar surface area (TPSA) is 81.1 Å². The van der Waals surface area contributed by atoms with Crippen LogP contribution in [0.25, 0.3) is 5.69 Å². The van der Waals surface area contributed by atoms with Crippen LogP contribution in [0.3, 0.4) is 0 Å². The highest BCUT2D eigenvalue weighted by molar-refractivity contribution is 7.80. The Morgan fingerprint density at radius 1 is 1.38 bits per heavy atom. The maximum absolute atomic E-state index is 12.3. The fourth-order valence-corrected chi connectivity index (χ4v) is 2.78. The maximum Gasteiger partial charge on any atom is 0.338 e. The first-order valence-corrected chi connectivity index (χ1v) is 7.94. The molecule has 1 aliphatic rings. The Labute approximate surface area is 144 Å². The van der Waals surface area contributed by atoms with Crippen LogP contribution < -0.4 is 10.6 Å². The Kier molecular flexibility index (Phi) is 4.57. The summed E-state index contributed by atoms with van der Waals surface area (Å²) < 4.78 is 6.81. The minimum Gasteiger partial charge on any atom is -0.463 e. The zero-order valence-electron chi connectivity index (χ0n) is 13.3. The van der Waals surface area contributed by atoms with Gasteiger partial charge in [0.2, 0.25) is 0 Å². The number of rotatable bonds is 4. The summed E-state index contributed by atoms with van der Waals surface area (Å²) in [7, 11) is 0. The van der Waals surface area contributed by atoms with Gasteiger partial charge >= 0.3 is 5.97 Å². The number of carbonyl (C=O) groups is 1. The molecule has 8 heteroatoms. The molecule has 24 heavy (non-hydrogen) atoms. The normalized spacial score (nSPS) is 17.2. The van der Waals surface area contributed by atoms with Crippen molar-refractivity contribution in [3.05, 3.63) is 53.5 Å². The summed E-state index contributed by atoms with van der Waals surface area (Å²) in [4.78, 5) is 12.3. The zero-order valence-corrected chi connectivity index (χ0v) is 14.1. The number of hydrogen-bond donors (Lipinski definition) is 2. The Hall–Kier alpha value is -2.74. The van der Waals surface area contributed by atoms with Gasteiger partial charge in [0.25, 0.3) is 0 Å². The van der Waals surface area contributed by atoms with Crippen molar-refractivity contribution in [3.8, 4) is 5.69 Å². The van der Waals surface area contributed by atoms with E-state index in [0.717, 1.165) is 5.69 Å². The Balaban J connectivity index is 1.97. The third-order valence-electron chi connectivity index (χ3n) is 3.59. The third-order valence-corrected chi connectivity index (χ3v) is 3.81. The van der Waals surface area contributed by atoms with E-state index in [1.54, 1.807) is 24.7 Å². The van der Waals surface area contributed by atoms with Crippen molar-refractivity contribution in [2.24, 2.45) is 0 Å². The molecule has 0 bridgehead atoms. The Bertz CT molecular complexity index is 800. The van der Waals surface area contributed by atoms with E-state index >= 15 is 0 Å². The van der Waals surface area contributed by atoms with E-state index in [2.05, 4.69) is 20.9 Å². The minimum atomic E-state index is -0.504. The van der Waals surface area contributed by atoms with Crippen LogP contribution in [0, 0.1) is 0 Å². The summed E-state index contributed by atoms with van der Waals surface area (Å²) >= 11 is 5.20. The maximum atomic E-state index is 12.3. The van der Waals surface area contributed by atoms with Crippen LogP contribution >= 0.6 is 12.2 Å². The van der Waals surface area contributed by atoms with Gasteiger partial charge in [0.05, 0.1) is 24.1 Å². The third kappa shape index (κ3) is 3.13. The summed E-state index contributed by atoms with van der Waals surface area (Å²) in [6, 6.07) is 9.11. The number of para-hydroxylation sites is 1. The van der Waals surface area contributed by atoms with E-state index in [9.17, 15) is 4.79 Å². The molecule has 0 amide bonds. The van der Waals surface area contributed by atoms with Crippen molar-refractivity contribution in [1.29, 1.82) is 0 Å². The Morgan fingerprint density at radius 2 is 2.12 bits per heavy atom. The molecule has 7 nitrogen and oxygen atoms in total. The number of thiocarbonyl (C=S) groups is 1. The van der Waals surface area contributed by atoms with Crippen molar-refractivity contribution in [2.45, 2.75) is 19.9 Å². The first-order valence-electron chi connectivity index (χ1n) is 7.53. The van der Waals surface area contributed by atoms with E-state index in [1.807, 2.05) is 30.3 Å². The SMILES string of the molecule is CCOC(=O)C1=C(C)NC(=S)NC1c1cn(-c2ccccc2)nn1. The summed E-state index contributed by atoms with van der Waals surface area (Å²) in [6.07, 6.45) is 1.77. The van der Waals surface area contributed by atoms with Crippen LogP contribution in [-0.4, -0.2) is 32.7 Å². The summed E-state index contributed by atoms with van der Waals surface area (Å²) in [5, 5.41) is 14.8. The average molecular weight is 343 g/mol. The molecule has 1 aromatic carbocycles. The van der Waals surface area contributed by atoms with Crippen molar-refractivity contribution < 1.29 is 9.53 Å². The van der Waals surface area contributed by atoms with Gasteiger partial charge in [0, 0.05) is 5.70 Å². The second-order valence-corrected chi connectivity index (χ2v) is 5.62. The lowest BCUT2D eigenvalue weighted by atomic mass is 10.0. The Morgan fingerprint density at radius 3 is 2.83 bits per heavy atom. The number of benzene rings is 1. The number of aromatic nitrogens is 3. The highest BCUT2D eigenvalue weighted by Gasteiger charge is 2.32. The predicted octanol–water partition coefficient (Wildman–Crippen LogP) is 1.62. The molecule has 2 aromatic rings. The predicted molar refractivity (Wildman–Crippen MR) is 92.3 cm³/mol. The summed E-state index contributed by atoms with van der Waals surface area (Å²) in [5.41, 5.74) is 2.57. The van der Waals surface area contributed by atoms with Crippen LogP contribution in [-0.2, 0) is 9.53 Å². The van der Waals surface area contributed by atoms with Crippen molar-refractivity contribution in [2.75, 3.05) is 6.61 Å². The van der Waals surface area contributed by atoms with Gasteiger partial charge < -0.3 is 15.4 Å². The quantitative estimate of drug-likeness (QED) is 0.645. The van der Waals surface area contributed by atoms with Gasteiger partial charge in [-0.05, 0) is 38.2 Å². The molecule has 0 fully saturated rings. The van der Waals surface area contributed by atoms with E-state index < -0.39 is 12.0 Å². The smallest absolute Gasteiger partial charge is 0.338 e. The molecule has 1 aliphatic heterocycles. The molecule has 0 spiro atoms. The van der Waals surface area contributed by atoms with Crippen LogP contribution in [0.5, 0.6) is 0 Å². The lowest BCUT2D eigenvalue weighted by Crippen LogP contribution is -2.45. The first kappa shape index (κ1) is 16.1. The number of allylic oxidation sites excluding steroid dienone is 1. The number of hydrogen-bond acceptors (Lipinski definition) is 5. The van der Waals surface area contributed by atoms with Crippen molar-refractivity contribution >= 4 is 23.3 Å². The van der Waals surface area contributed by atoms with Gasteiger partial charge in [-0.1, -0.05) is 23.4 Å². The van der Waals surface area contributed by atoms with E-state index in [0.29, 0.717) is 28.7 Å². The minimum absolute atomic E-state index is 0.295. The van der Waals surface area contributed by atoms with E-state index in [4.69, 9.17) is 17.0 Å². The zero-order chi connectivity index (χ0) is 17.1. The number of carbonyl (C=O) groups excluding carboxylic acids is 1. The number of ether oxygens (including phenoxy) is 1. The highest BCUT2D eigenvalue weighted by Crippen LogP contribution is 2.26. The number of esters is 1. The lowest BCUT2D eigenvalue weighted by molar-refractivity contribution is -0.139. The van der Waals surface area contributed by atoms with E-state index in [-0.39, 0.29) is 0 Å².